The molecule has 2 fully saturated rings. The fraction of sp³-hybridized carbons (Fsp3) is 0.415. The summed E-state index contributed by atoms with van der Waals surface area (Å²) in [5.41, 5.74) is 11.8. The van der Waals surface area contributed by atoms with Gasteiger partial charge >= 0.3 is 0 Å². The highest BCUT2D eigenvalue weighted by atomic mass is 15.2. The van der Waals surface area contributed by atoms with E-state index >= 15 is 0 Å². The van der Waals surface area contributed by atoms with Crippen molar-refractivity contribution in [3.05, 3.63) is 107 Å². The molecule has 0 N–H and O–H groups in total. The fourth-order valence-corrected chi connectivity index (χ4v) is 8.02. The Morgan fingerprint density at radius 1 is 0.619 bits per heavy atom. The minimum absolute atomic E-state index is 0.117. The van der Waals surface area contributed by atoms with Crippen LogP contribution in [-0.2, 0) is 5.41 Å². The van der Waals surface area contributed by atoms with Crippen LogP contribution in [0.15, 0.2) is 84.9 Å². The van der Waals surface area contributed by atoms with Crippen molar-refractivity contribution in [1.29, 1.82) is 0 Å². The predicted octanol–water partition coefficient (Wildman–Crippen LogP) is 11.9. The third-order valence-electron chi connectivity index (χ3n) is 10.1. The summed E-state index contributed by atoms with van der Waals surface area (Å²) in [5, 5.41) is 0. The molecule has 4 aromatic rings. The molecule has 0 unspecified atom stereocenters. The summed E-state index contributed by atoms with van der Waals surface area (Å²) in [6.45, 7) is 11.6. The monoisotopic (exact) mass is 555 g/mol. The number of hydrogen-bond acceptors (Lipinski definition) is 1. The smallest absolute Gasteiger partial charge is 0.0457 e. The maximum atomic E-state index is 9.95. The molecule has 2 saturated carbocycles. The summed E-state index contributed by atoms with van der Waals surface area (Å²) in [6, 6.07) is 31.2. The number of fused-ring (bicyclic) bond motifs is 3. The largest absolute Gasteiger partial charge is 0.336 e. The summed E-state index contributed by atoms with van der Waals surface area (Å²) in [7, 11) is 0. The second-order valence-electron chi connectivity index (χ2n) is 14.3. The van der Waals surface area contributed by atoms with Crippen LogP contribution in [0.4, 0.5) is 11.4 Å². The molecule has 0 radical (unpaired) electrons. The maximum Gasteiger partial charge on any atom is 0.0457 e. The van der Waals surface area contributed by atoms with E-state index in [0.29, 0.717) is 0 Å². The van der Waals surface area contributed by atoms with Crippen molar-refractivity contribution >= 4 is 11.4 Å². The van der Waals surface area contributed by atoms with Crippen molar-refractivity contribution in [1.82, 2.24) is 0 Å². The first-order valence-corrected chi connectivity index (χ1v) is 16.2. The van der Waals surface area contributed by atoms with Gasteiger partial charge in [-0.3, -0.25) is 0 Å². The zero-order valence-electron chi connectivity index (χ0n) is 28.2. The van der Waals surface area contributed by atoms with E-state index in [-0.39, 0.29) is 11.0 Å². The van der Waals surface area contributed by atoms with Crippen LogP contribution in [0.5, 0.6) is 0 Å². The van der Waals surface area contributed by atoms with Gasteiger partial charge in [-0.05, 0) is 115 Å². The predicted molar refractivity (Wildman–Crippen MR) is 180 cm³/mol. The standard InChI is InChI=1S/C41H47N/c1-40(2,3)42(38-25-31(28-15-7-6-8-16-28)23-24-32(38)29-17-9-10-18-29)39-27-35-33-21-13-14-22-36(33)41(4,5)37(35)26-34(39)30-19-11-12-20-30/h6-8,13-16,21-27,29-30H,9-12,17-20H2,1-5H3/i29D,30D. The SMILES string of the molecule is [2H]C1(c2ccc(-c3ccccc3)cc2N(c2cc3c(cc2C2([2H])CCCC2)C(C)(C)c2ccccc2-3)C(C)(C)C)CCCC1. The Kier molecular flexibility index (Phi) is 6.27. The van der Waals surface area contributed by atoms with Gasteiger partial charge in [0, 0.05) is 25.1 Å². The van der Waals surface area contributed by atoms with Crippen LogP contribution in [0.25, 0.3) is 22.3 Å². The van der Waals surface area contributed by atoms with Gasteiger partial charge in [0.25, 0.3) is 0 Å². The lowest BCUT2D eigenvalue weighted by Crippen LogP contribution is -2.39. The highest BCUT2D eigenvalue weighted by molar-refractivity contribution is 5.87. The first kappa shape index (κ1) is 25.2. The number of hydrogen-bond donors (Lipinski definition) is 0. The van der Waals surface area contributed by atoms with Crippen LogP contribution in [0.1, 0.15) is 123 Å². The summed E-state index contributed by atoms with van der Waals surface area (Å²) in [6.07, 6.45) is 7.98. The van der Waals surface area contributed by atoms with Crippen molar-refractivity contribution in [3.8, 4) is 22.3 Å². The highest BCUT2D eigenvalue weighted by Crippen LogP contribution is 2.55. The maximum absolute atomic E-state index is 9.95. The molecule has 3 aliphatic rings. The Bertz CT molecular complexity index is 1700. The molecule has 216 valence electrons. The Hall–Kier alpha value is -3.32. The van der Waals surface area contributed by atoms with Crippen molar-refractivity contribution in [2.24, 2.45) is 0 Å². The molecule has 0 amide bonds. The molecule has 1 nitrogen and oxygen atoms in total. The van der Waals surface area contributed by atoms with Crippen LogP contribution in [0.2, 0.25) is 0 Å². The lowest BCUT2D eigenvalue weighted by atomic mass is 9.80. The van der Waals surface area contributed by atoms with E-state index in [1.807, 2.05) is 0 Å². The van der Waals surface area contributed by atoms with Crippen molar-refractivity contribution in [2.75, 3.05) is 4.90 Å². The zero-order chi connectivity index (χ0) is 30.9. The number of rotatable bonds is 5. The van der Waals surface area contributed by atoms with Gasteiger partial charge in [-0.15, -0.1) is 0 Å². The third-order valence-corrected chi connectivity index (χ3v) is 10.1. The quantitative estimate of drug-likeness (QED) is 0.237. The average molecular weight is 556 g/mol. The number of benzene rings is 4. The van der Waals surface area contributed by atoms with Crippen LogP contribution in [0.3, 0.4) is 0 Å². The second kappa shape index (κ2) is 10.4. The number of anilines is 2. The fourth-order valence-electron chi connectivity index (χ4n) is 8.02. The van der Waals surface area contributed by atoms with Gasteiger partial charge in [0.15, 0.2) is 0 Å². The van der Waals surface area contributed by atoms with Crippen molar-refractivity contribution in [2.45, 2.75) is 109 Å². The molecule has 7 rings (SSSR count). The van der Waals surface area contributed by atoms with E-state index in [0.717, 1.165) is 73.9 Å². The van der Waals surface area contributed by atoms with E-state index in [2.05, 4.69) is 124 Å². The summed E-state index contributed by atoms with van der Waals surface area (Å²) < 4.78 is 19.7. The third kappa shape index (κ3) is 4.61. The summed E-state index contributed by atoms with van der Waals surface area (Å²) in [5.74, 6) is -1.23. The Labute approximate surface area is 256 Å². The van der Waals surface area contributed by atoms with E-state index in [9.17, 15) is 2.74 Å². The van der Waals surface area contributed by atoms with Crippen LogP contribution in [-0.4, -0.2) is 5.54 Å². The summed E-state index contributed by atoms with van der Waals surface area (Å²) in [4.78, 5) is 2.53. The topological polar surface area (TPSA) is 3.24 Å². The van der Waals surface area contributed by atoms with Gasteiger partial charge < -0.3 is 4.90 Å². The van der Waals surface area contributed by atoms with Crippen molar-refractivity contribution < 1.29 is 2.74 Å². The molecule has 0 heterocycles. The molecular formula is C41H47N. The Balaban J connectivity index is 1.54. The molecule has 0 bridgehead atoms. The lowest BCUT2D eigenvalue weighted by Gasteiger charge is -2.42. The molecule has 0 saturated heterocycles. The van der Waals surface area contributed by atoms with Crippen molar-refractivity contribution in [3.63, 3.8) is 0 Å². The molecule has 0 aromatic heterocycles. The molecule has 1 heteroatoms. The zero-order valence-corrected chi connectivity index (χ0v) is 26.2. The highest BCUT2D eigenvalue weighted by Gasteiger charge is 2.39. The van der Waals surface area contributed by atoms with Gasteiger partial charge in [0.2, 0.25) is 0 Å². The van der Waals surface area contributed by atoms with E-state index in [1.165, 1.54) is 33.4 Å². The molecular weight excluding hydrogens is 506 g/mol. The van der Waals surface area contributed by atoms with Gasteiger partial charge in [0.1, 0.15) is 0 Å². The molecule has 0 atom stereocenters. The van der Waals surface area contributed by atoms with Crippen LogP contribution < -0.4 is 4.90 Å². The second-order valence-corrected chi connectivity index (χ2v) is 14.3. The van der Waals surface area contributed by atoms with Crippen LogP contribution in [0, 0.1) is 0 Å². The Morgan fingerprint density at radius 3 is 1.88 bits per heavy atom. The van der Waals surface area contributed by atoms with Gasteiger partial charge in [-0.1, -0.05) is 112 Å². The molecule has 0 spiro atoms. The van der Waals surface area contributed by atoms with Crippen LogP contribution >= 0.6 is 0 Å². The number of nitrogens with zero attached hydrogens (tertiary/aromatic N) is 1. The van der Waals surface area contributed by atoms with Gasteiger partial charge in [-0.25, -0.2) is 0 Å². The summed E-state index contributed by atoms with van der Waals surface area (Å²) >= 11 is 0. The molecule has 42 heavy (non-hydrogen) atoms. The molecule has 3 aliphatic carbocycles. The molecule has 0 aliphatic heterocycles. The van der Waals surface area contributed by atoms with E-state index in [4.69, 9.17) is 0 Å². The molecule has 4 aromatic carbocycles. The average Bonchev–Trinajstić information content (AvgIpc) is 3.70. The normalized spacial score (nSPS) is 20.5. The minimum Gasteiger partial charge on any atom is -0.336 e. The first-order chi connectivity index (χ1) is 20.9. The Morgan fingerprint density at radius 2 is 1.21 bits per heavy atom. The van der Waals surface area contributed by atoms with E-state index in [1.54, 1.807) is 0 Å². The van der Waals surface area contributed by atoms with E-state index < -0.39 is 11.8 Å². The minimum atomic E-state index is -0.623. The lowest BCUT2D eigenvalue weighted by molar-refractivity contribution is 0.551. The van der Waals surface area contributed by atoms with Gasteiger partial charge in [-0.2, -0.15) is 0 Å². The first-order valence-electron chi connectivity index (χ1n) is 17.2. The van der Waals surface area contributed by atoms with Gasteiger partial charge in [0.05, 0.1) is 0 Å².